The maximum atomic E-state index is 12.7. The molecule has 0 unspecified atom stereocenters. The van der Waals surface area contributed by atoms with Crippen molar-refractivity contribution in [3.8, 4) is 0 Å². The van der Waals surface area contributed by atoms with E-state index in [1.54, 1.807) is 36.4 Å². The minimum Gasteiger partial charge on any atom is -0.459 e. The Labute approximate surface area is 168 Å². The third-order valence-corrected chi connectivity index (χ3v) is 4.58. The van der Waals surface area contributed by atoms with Gasteiger partial charge in [0.2, 0.25) is 5.78 Å². The largest absolute Gasteiger partial charge is 0.459 e. The average molecular weight is 391 g/mol. The molecule has 1 amide bonds. The third kappa shape index (κ3) is 4.60. The van der Waals surface area contributed by atoms with Crippen molar-refractivity contribution < 1.29 is 23.5 Å². The van der Waals surface area contributed by atoms with Gasteiger partial charge in [0, 0.05) is 5.56 Å². The molecule has 2 aromatic carbocycles. The Morgan fingerprint density at radius 3 is 2.41 bits per heavy atom. The molecule has 0 aliphatic carbocycles. The zero-order valence-corrected chi connectivity index (χ0v) is 16.4. The number of aryl methyl sites for hydroxylation is 2. The van der Waals surface area contributed by atoms with Crippen LogP contribution in [0.3, 0.4) is 0 Å². The van der Waals surface area contributed by atoms with Crippen molar-refractivity contribution in [1.82, 2.24) is 0 Å². The van der Waals surface area contributed by atoms with Crippen molar-refractivity contribution >= 4 is 23.3 Å². The zero-order valence-electron chi connectivity index (χ0n) is 16.4. The molecule has 3 aromatic rings. The monoisotopic (exact) mass is 391 g/mol. The van der Waals surface area contributed by atoms with Gasteiger partial charge in [-0.3, -0.25) is 9.59 Å². The number of amides is 1. The predicted molar refractivity (Wildman–Crippen MR) is 108 cm³/mol. The molecule has 1 aromatic heterocycles. The van der Waals surface area contributed by atoms with Gasteiger partial charge in [0.1, 0.15) is 0 Å². The van der Waals surface area contributed by atoms with E-state index in [1.807, 2.05) is 19.9 Å². The van der Waals surface area contributed by atoms with Crippen LogP contribution in [0.15, 0.2) is 65.3 Å². The molecule has 3 rings (SSSR count). The third-order valence-electron chi connectivity index (χ3n) is 4.58. The Morgan fingerprint density at radius 2 is 1.72 bits per heavy atom. The van der Waals surface area contributed by atoms with E-state index in [9.17, 15) is 14.4 Å². The molecular weight excluding hydrogens is 370 g/mol. The number of anilines is 1. The van der Waals surface area contributed by atoms with Gasteiger partial charge in [-0.15, -0.1) is 0 Å². The standard InChI is InChI=1S/C23H21NO5/c1-14-10-11-17(13-15(14)2)21(25)16(3)29-23(27)18-7-4-5-8-19(18)24-22(26)20-9-6-12-28-20/h4-13,16H,1-3H3,(H,24,26)/t16-/m0/s1. The molecule has 0 saturated heterocycles. The number of para-hydroxylation sites is 1. The summed E-state index contributed by atoms with van der Waals surface area (Å²) < 4.78 is 10.4. The van der Waals surface area contributed by atoms with Crippen molar-refractivity contribution in [2.24, 2.45) is 0 Å². The molecule has 0 bridgehead atoms. The number of furan rings is 1. The molecule has 148 valence electrons. The summed E-state index contributed by atoms with van der Waals surface area (Å²) in [7, 11) is 0. The van der Waals surface area contributed by atoms with Crippen LogP contribution in [0.5, 0.6) is 0 Å². The molecule has 29 heavy (non-hydrogen) atoms. The Balaban J connectivity index is 1.74. The van der Waals surface area contributed by atoms with Crippen molar-refractivity contribution in [3.63, 3.8) is 0 Å². The Morgan fingerprint density at radius 1 is 0.966 bits per heavy atom. The van der Waals surface area contributed by atoms with E-state index in [-0.39, 0.29) is 22.8 Å². The lowest BCUT2D eigenvalue weighted by Gasteiger charge is -2.15. The number of Topliss-reactive ketones (excluding diaryl/α,β-unsaturated/α-hetero) is 1. The first kappa shape index (κ1) is 20.1. The number of carbonyl (C=O) groups is 3. The SMILES string of the molecule is Cc1ccc(C(=O)[C@H](C)OC(=O)c2ccccc2NC(=O)c2ccco2)cc1C. The Kier molecular flexibility index (Phi) is 5.93. The Hall–Kier alpha value is -3.67. The zero-order chi connectivity index (χ0) is 21.0. The smallest absolute Gasteiger partial charge is 0.340 e. The van der Waals surface area contributed by atoms with Gasteiger partial charge >= 0.3 is 5.97 Å². The summed E-state index contributed by atoms with van der Waals surface area (Å²) >= 11 is 0. The molecule has 6 nitrogen and oxygen atoms in total. The van der Waals surface area contributed by atoms with E-state index in [0.29, 0.717) is 5.56 Å². The van der Waals surface area contributed by atoms with E-state index in [4.69, 9.17) is 9.15 Å². The van der Waals surface area contributed by atoms with Gasteiger partial charge in [-0.05, 0) is 62.2 Å². The lowest BCUT2D eigenvalue weighted by atomic mass is 10.0. The number of hydrogen-bond donors (Lipinski definition) is 1. The minimum atomic E-state index is -0.974. The minimum absolute atomic E-state index is 0.117. The topological polar surface area (TPSA) is 85.6 Å². The van der Waals surface area contributed by atoms with Gasteiger partial charge in [0.25, 0.3) is 5.91 Å². The summed E-state index contributed by atoms with van der Waals surface area (Å²) in [6.45, 7) is 5.40. The van der Waals surface area contributed by atoms with Crippen molar-refractivity contribution in [3.05, 3.63) is 88.9 Å². The van der Waals surface area contributed by atoms with Crippen molar-refractivity contribution in [2.75, 3.05) is 5.32 Å². The first-order valence-corrected chi connectivity index (χ1v) is 9.13. The fourth-order valence-electron chi connectivity index (χ4n) is 2.77. The fraction of sp³-hybridized carbons (Fsp3) is 0.174. The first-order valence-electron chi connectivity index (χ1n) is 9.13. The normalized spacial score (nSPS) is 11.6. The van der Waals surface area contributed by atoms with Crippen LogP contribution in [-0.2, 0) is 4.74 Å². The van der Waals surface area contributed by atoms with E-state index in [0.717, 1.165) is 11.1 Å². The second kappa shape index (κ2) is 8.56. The Bertz CT molecular complexity index is 1050. The highest BCUT2D eigenvalue weighted by Gasteiger charge is 2.23. The van der Waals surface area contributed by atoms with E-state index in [1.165, 1.54) is 25.3 Å². The van der Waals surface area contributed by atoms with Crippen LogP contribution in [0.1, 0.15) is 49.3 Å². The molecular formula is C23H21NO5. The second-order valence-electron chi connectivity index (χ2n) is 6.69. The van der Waals surface area contributed by atoms with Gasteiger partial charge < -0.3 is 14.5 Å². The van der Waals surface area contributed by atoms with Gasteiger partial charge in [-0.2, -0.15) is 0 Å². The first-order chi connectivity index (χ1) is 13.9. The van der Waals surface area contributed by atoms with Crippen LogP contribution >= 0.6 is 0 Å². The molecule has 0 aliphatic heterocycles. The van der Waals surface area contributed by atoms with E-state index in [2.05, 4.69) is 5.32 Å². The van der Waals surface area contributed by atoms with Crippen LogP contribution in [0.25, 0.3) is 0 Å². The summed E-state index contributed by atoms with van der Waals surface area (Å²) in [5.74, 6) is -1.37. The summed E-state index contributed by atoms with van der Waals surface area (Å²) in [4.78, 5) is 37.5. The second-order valence-corrected chi connectivity index (χ2v) is 6.69. The maximum Gasteiger partial charge on any atom is 0.340 e. The molecule has 0 aliphatic rings. The number of rotatable bonds is 6. The molecule has 1 atom stereocenters. The molecule has 1 heterocycles. The molecule has 0 saturated carbocycles. The predicted octanol–water partition coefficient (Wildman–Crippen LogP) is 4.58. The number of ether oxygens (including phenoxy) is 1. The summed E-state index contributed by atoms with van der Waals surface area (Å²) in [5.41, 5.74) is 2.96. The van der Waals surface area contributed by atoms with Gasteiger partial charge in [0.15, 0.2) is 11.9 Å². The molecule has 6 heteroatoms. The molecule has 0 radical (unpaired) electrons. The van der Waals surface area contributed by atoms with E-state index >= 15 is 0 Å². The quantitative estimate of drug-likeness (QED) is 0.491. The van der Waals surface area contributed by atoms with Crippen LogP contribution < -0.4 is 5.32 Å². The highest BCUT2D eigenvalue weighted by Crippen LogP contribution is 2.19. The molecule has 0 fully saturated rings. The van der Waals surface area contributed by atoms with E-state index < -0.39 is 18.0 Å². The van der Waals surface area contributed by atoms with Gasteiger partial charge in [-0.25, -0.2) is 4.79 Å². The highest BCUT2D eigenvalue weighted by atomic mass is 16.5. The molecule has 0 spiro atoms. The number of benzene rings is 2. The summed E-state index contributed by atoms with van der Waals surface area (Å²) in [6.07, 6.45) is 0.410. The van der Waals surface area contributed by atoms with Gasteiger partial charge in [-0.1, -0.05) is 24.3 Å². The summed E-state index contributed by atoms with van der Waals surface area (Å²) in [5, 5.41) is 2.62. The number of carbonyl (C=O) groups excluding carboxylic acids is 3. The summed E-state index contributed by atoms with van der Waals surface area (Å²) in [6, 6.07) is 14.9. The van der Waals surface area contributed by atoms with Crippen LogP contribution in [0.4, 0.5) is 5.69 Å². The lowest BCUT2D eigenvalue weighted by Crippen LogP contribution is -2.25. The fourth-order valence-corrected chi connectivity index (χ4v) is 2.77. The number of esters is 1. The molecule has 1 N–H and O–H groups in total. The van der Waals surface area contributed by atoms with Crippen LogP contribution in [0.2, 0.25) is 0 Å². The highest BCUT2D eigenvalue weighted by molar-refractivity contribution is 6.07. The number of nitrogens with one attached hydrogen (secondary N) is 1. The van der Waals surface area contributed by atoms with Gasteiger partial charge in [0.05, 0.1) is 17.5 Å². The van der Waals surface area contributed by atoms with Crippen LogP contribution in [0, 0.1) is 13.8 Å². The number of ketones is 1. The average Bonchev–Trinajstić information content (AvgIpc) is 3.25. The lowest BCUT2D eigenvalue weighted by molar-refractivity contribution is 0.0320. The number of hydrogen-bond acceptors (Lipinski definition) is 5. The van der Waals surface area contributed by atoms with Crippen molar-refractivity contribution in [2.45, 2.75) is 26.9 Å². The van der Waals surface area contributed by atoms with Crippen LogP contribution in [-0.4, -0.2) is 23.8 Å². The maximum absolute atomic E-state index is 12.7. The van der Waals surface area contributed by atoms with Crippen molar-refractivity contribution in [1.29, 1.82) is 0 Å².